The zero-order chi connectivity index (χ0) is 20.2. The Morgan fingerprint density at radius 2 is 1.83 bits per heavy atom. The summed E-state index contributed by atoms with van der Waals surface area (Å²) in [4.78, 5) is 27.4. The second kappa shape index (κ2) is 8.61. The summed E-state index contributed by atoms with van der Waals surface area (Å²) >= 11 is 0. The van der Waals surface area contributed by atoms with Crippen molar-refractivity contribution in [1.29, 1.82) is 0 Å². The Morgan fingerprint density at radius 1 is 1.07 bits per heavy atom. The highest BCUT2D eigenvalue weighted by molar-refractivity contribution is 5.98. The molecule has 4 rings (SSSR count). The van der Waals surface area contributed by atoms with Crippen LogP contribution in [0.5, 0.6) is 5.75 Å². The Labute approximate surface area is 169 Å². The van der Waals surface area contributed by atoms with E-state index in [0.717, 1.165) is 32.4 Å². The maximum atomic E-state index is 13.7. The van der Waals surface area contributed by atoms with Crippen molar-refractivity contribution in [1.82, 2.24) is 10.2 Å². The number of anilines is 1. The number of para-hydroxylation sites is 2. The summed E-state index contributed by atoms with van der Waals surface area (Å²) in [5, 5.41) is 5.87. The van der Waals surface area contributed by atoms with Crippen LogP contribution in [0.3, 0.4) is 0 Å². The quantitative estimate of drug-likeness (QED) is 0.814. The van der Waals surface area contributed by atoms with Crippen molar-refractivity contribution < 1.29 is 18.7 Å². The first-order valence-electron chi connectivity index (χ1n) is 9.93. The van der Waals surface area contributed by atoms with Crippen molar-refractivity contribution in [3.05, 3.63) is 59.9 Å². The van der Waals surface area contributed by atoms with Gasteiger partial charge in [-0.05, 0) is 50.1 Å². The molecule has 0 aromatic heterocycles. The molecule has 7 heteroatoms. The molecule has 2 atom stereocenters. The largest absolute Gasteiger partial charge is 0.483 e. The average molecular weight is 397 g/mol. The minimum Gasteiger partial charge on any atom is -0.483 e. The Kier molecular flexibility index (Phi) is 5.76. The molecule has 2 heterocycles. The van der Waals surface area contributed by atoms with Crippen LogP contribution in [0.25, 0.3) is 0 Å². The Bertz CT molecular complexity index is 890. The highest BCUT2D eigenvalue weighted by Crippen LogP contribution is 2.31. The summed E-state index contributed by atoms with van der Waals surface area (Å²) in [6.45, 7) is 1.41. The van der Waals surface area contributed by atoms with E-state index in [9.17, 15) is 14.0 Å². The van der Waals surface area contributed by atoms with Gasteiger partial charge >= 0.3 is 0 Å². The Hall–Kier alpha value is -2.93. The first-order chi connectivity index (χ1) is 14.1. The van der Waals surface area contributed by atoms with Crippen LogP contribution >= 0.6 is 0 Å². The van der Waals surface area contributed by atoms with Crippen molar-refractivity contribution in [3.8, 4) is 5.75 Å². The predicted octanol–water partition coefficient (Wildman–Crippen LogP) is 2.81. The van der Waals surface area contributed by atoms with Crippen molar-refractivity contribution in [2.24, 2.45) is 0 Å². The second-order valence-electron chi connectivity index (χ2n) is 7.40. The first-order valence-corrected chi connectivity index (χ1v) is 9.93. The fraction of sp³-hybridized carbons (Fsp3) is 0.364. The van der Waals surface area contributed by atoms with Crippen molar-refractivity contribution in [2.45, 2.75) is 31.3 Å². The number of carbonyl (C=O) groups excluding carboxylic acids is 2. The molecule has 6 nitrogen and oxygen atoms in total. The van der Waals surface area contributed by atoms with Crippen molar-refractivity contribution in [3.63, 3.8) is 0 Å². The molecule has 2 amide bonds. The monoisotopic (exact) mass is 397 g/mol. The van der Waals surface area contributed by atoms with Gasteiger partial charge in [0.05, 0.1) is 11.3 Å². The standard InChI is InChI=1S/C22H24FN3O3/c23-18-6-2-3-7-19(18)25-21(27)14-29-20-8-4-1-5-17(20)22(28)26-15-9-10-16(26)13-24-12-11-15/h1-8,15-16,24H,9-14H2,(H,25,27). The van der Waals surface area contributed by atoms with Crippen LogP contribution in [-0.4, -0.2) is 48.5 Å². The molecule has 152 valence electrons. The van der Waals surface area contributed by atoms with Gasteiger partial charge in [-0.3, -0.25) is 9.59 Å². The zero-order valence-electron chi connectivity index (χ0n) is 16.1. The fourth-order valence-corrected chi connectivity index (χ4v) is 4.11. The summed E-state index contributed by atoms with van der Waals surface area (Å²) < 4.78 is 19.3. The fourth-order valence-electron chi connectivity index (χ4n) is 4.11. The smallest absolute Gasteiger partial charge is 0.262 e. The van der Waals surface area contributed by atoms with Gasteiger partial charge < -0.3 is 20.3 Å². The third-order valence-electron chi connectivity index (χ3n) is 5.51. The molecular weight excluding hydrogens is 373 g/mol. The molecule has 2 fully saturated rings. The minimum atomic E-state index is -0.512. The summed E-state index contributed by atoms with van der Waals surface area (Å²) in [6, 6.07) is 13.3. The van der Waals surface area contributed by atoms with Gasteiger partial charge in [0.15, 0.2) is 6.61 Å². The number of hydrogen-bond donors (Lipinski definition) is 2. The molecule has 2 saturated heterocycles. The number of carbonyl (C=O) groups is 2. The van der Waals surface area contributed by atoms with Crippen LogP contribution in [0.4, 0.5) is 10.1 Å². The van der Waals surface area contributed by atoms with Gasteiger partial charge in [-0.1, -0.05) is 24.3 Å². The Morgan fingerprint density at radius 3 is 2.69 bits per heavy atom. The van der Waals surface area contributed by atoms with Crippen LogP contribution < -0.4 is 15.4 Å². The van der Waals surface area contributed by atoms with E-state index in [1.807, 2.05) is 4.90 Å². The third-order valence-corrected chi connectivity index (χ3v) is 5.51. The Balaban J connectivity index is 1.45. The van der Waals surface area contributed by atoms with Crippen molar-refractivity contribution >= 4 is 17.5 Å². The van der Waals surface area contributed by atoms with Gasteiger partial charge in [0, 0.05) is 18.6 Å². The number of benzene rings is 2. The molecule has 0 spiro atoms. The van der Waals surface area contributed by atoms with E-state index < -0.39 is 11.7 Å². The van der Waals surface area contributed by atoms with Gasteiger partial charge in [0.1, 0.15) is 11.6 Å². The number of halogens is 1. The lowest BCUT2D eigenvalue weighted by Crippen LogP contribution is -2.42. The highest BCUT2D eigenvalue weighted by atomic mass is 19.1. The summed E-state index contributed by atoms with van der Waals surface area (Å²) in [7, 11) is 0. The molecule has 29 heavy (non-hydrogen) atoms. The van der Waals surface area contributed by atoms with Crippen LogP contribution in [-0.2, 0) is 4.79 Å². The highest BCUT2D eigenvalue weighted by Gasteiger charge is 2.39. The lowest BCUT2D eigenvalue weighted by atomic mass is 10.1. The number of hydrogen-bond acceptors (Lipinski definition) is 4. The van der Waals surface area contributed by atoms with E-state index in [1.165, 1.54) is 12.1 Å². The van der Waals surface area contributed by atoms with E-state index in [1.54, 1.807) is 36.4 Å². The van der Waals surface area contributed by atoms with Gasteiger partial charge in [0.25, 0.3) is 11.8 Å². The summed E-state index contributed by atoms with van der Waals surface area (Å²) in [5.74, 6) is -0.706. The predicted molar refractivity (Wildman–Crippen MR) is 107 cm³/mol. The van der Waals surface area contributed by atoms with Crippen LogP contribution in [0, 0.1) is 5.82 Å². The van der Waals surface area contributed by atoms with Crippen molar-refractivity contribution in [2.75, 3.05) is 25.0 Å². The van der Waals surface area contributed by atoms with Gasteiger partial charge in [0.2, 0.25) is 0 Å². The molecule has 2 unspecified atom stereocenters. The molecule has 0 radical (unpaired) electrons. The minimum absolute atomic E-state index is 0.0636. The average Bonchev–Trinajstić information content (AvgIpc) is 3.00. The molecular formula is C22H24FN3O3. The number of amides is 2. The summed E-state index contributed by atoms with van der Waals surface area (Å²) in [5.41, 5.74) is 0.545. The maximum absolute atomic E-state index is 13.7. The van der Waals surface area contributed by atoms with Crippen LogP contribution in [0.1, 0.15) is 29.6 Å². The molecule has 0 aliphatic carbocycles. The second-order valence-corrected chi connectivity index (χ2v) is 7.40. The first kappa shape index (κ1) is 19.4. The summed E-state index contributed by atoms with van der Waals surface area (Å²) in [6.07, 6.45) is 2.96. The number of rotatable bonds is 5. The van der Waals surface area contributed by atoms with E-state index in [0.29, 0.717) is 11.3 Å². The molecule has 2 aliphatic heterocycles. The van der Waals surface area contributed by atoms with E-state index in [-0.39, 0.29) is 30.3 Å². The van der Waals surface area contributed by atoms with Crippen LogP contribution in [0.2, 0.25) is 0 Å². The number of nitrogens with one attached hydrogen (secondary N) is 2. The van der Waals surface area contributed by atoms with Crippen LogP contribution in [0.15, 0.2) is 48.5 Å². The van der Waals surface area contributed by atoms with Gasteiger partial charge in [-0.25, -0.2) is 4.39 Å². The van der Waals surface area contributed by atoms with Gasteiger partial charge in [-0.15, -0.1) is 0 Å². The van der Waals surface area contributed by atoms with E-state index in [2.05, 4.69) is 10.6 Å². The topological polar surface area (TPSA) is 70.7 Å². The lowest BCUT2D eigenvalue weighted by Gasteiger charge is -2.28. The van der Waals surface area contributed by atoms with Gasteiger partial charge in [-0.2, -0.15) is 0 Å². The number of fused-ring (bicyclic) bond motifs is 2. The number of ether oxygens (including phenoxy) is 1. The maximum Gasteiger partial charge on any atom is 0.262 e. The van der Waals surface area contributed by atoms with E-state index >= 15 is 0 Å². The molecule has 2 bridgehead atoms. The SMILES string of the molecule is O=C(COc1ccccc1C(=O)N1C2CCNCC1CC2)Nc1ccccc1F. The normalized spacial score (nSPS) is 20.8. The molecule has 2 N–H and O–H groups in total. The molecule has 2 aromatic rings. The zero-order valence-corrected chi connectivity index (χ0v) is 16.1. The number of nitrogens with zero attached hydrogens (tertiary/aromatic N) is 1. The van der Waals surface area contributed by atoms with E-state index in [4.69, 9.17) is 4.74 Å². The third kappa shape index (κ3) is 4.24. The molecule has 0 saturated carbocycles. The molecule has 2 aliphatic rings. The lowest BCUT2D eigenvalue weighted by molar-refractivity contribution is -0.118. The molecule has 2 aromatic carbocycles.